The summed E-state index contributed by atoms with van der Waals surface area (Å²) in [5.41, 5.74) is 1.80. The molecule has 0 spiro atoms. The molecule has 2 heterocycles. The Bertz CT molecular complexity index is 1170. The van der Waals surface area contributed by atoms with E-state index in [0.717, 1.165) is 24.2 Å². The second kappa shape index (κ2) is 9.44. The first kappa shape index (κ1) is 23.1. The summed E-state index contributed by atoms with van der Waals surface area (Å²) < 4.78 is 27.6. The molecule has 0 aromatic heterocycles. The molecule has 0 unspecified atom stereocenters. The van der Waals surface area contributed by atoms with Gasteiger partial charge in [0.25, 0.3) is 11.8 Å². The van der Waals surface area contributed by atoms with Gasteiger partial charge in [0.15, 0.2) is 0 Å². The molecule has 0 atom stereocenters. The van der Waals surface area contributed by atoms with Gasteiger partial charge in [-0.25, -0.2) is 8.42 Å². The van der Waals surface area contributed by atoms with Gasteiger partial charge in [0.1, 0.15) is 0 Å². The zero-order chi connectivity index (χ0) is 23.6. The lowest BCUT2D eigenvalue weighted by Gasteiger charge is -2.26. The van der Waals surface area contributed by atoms with E-state index in [9.17, 15) is 22.8 Å². The number of benzene rings is 2. The van der Waals surface area contributed by atoms with E-state index < -0.39 is 10.0 Å². The molecule has 0 saturated carbocycles. The van der Waals surface area contributed by atoms with Crippen LogP contribution in [0.2, 0.25) is 0 Å². The zero-order valence-corrected chi connectivity index (χ0v) is 19.4. The number of rotatable bonds is 7. The number of carbonyl (C=O) groups is 3. The summed E-state index contributed by atoms with van der Waals surface area (Å²) in [5.74, 6) is -0.999. The number of imide groups is 1. The van der Waals surface area contributed by atoms with Crippen LogP contribution in [-0.4, -0.2) is 55.0 Å². The highest BCUT2D eigenvalue weighted by molar-refractivity contribution is 7.89. The molecule has 0 radical (unpaired) electrons. The number of carbonyl (C=O) groups excluding carboxylic acids is 3. The Hall–Kier alpha value is -3.04. The average molecular weight is 470 g/mol. The van der Waals surface area contributed by atoms with Crippen LogP contribution in [0.3, 0.4) is 0 Å². The van der Waals surface area contributed by atoms with Crippen LogP contribution in [0.5, 0.6) is 0 Å². The van der Waals surface area contributed by atoms with E-state index in [2.05, 4.69) is 5.32 Å². The van der Waals surface area contributed by atoms with E-state index in [4.69, 9.17) is 0 Å². The average Bonchev–Trinajstić information content (AvgIpc) is 3.06. The highest BCUT2D eigenvalue weighted by Crippen LogP contribution is 2.26. The summed E-state index contributed by atoms with van der Waals surface area (Å²) in [6.45, 7) is 2.90. The van der Waals surface area contributed by atoms with Crippen LogP contribution in [0.1, 0.15) is 58.4 Å². The highest BCUT2D eigenvalue weighted by atomic mass is 32.2. The fourth-order valence-corrected chi connectivity index (χ4v) is 6.03. The number of hydrogen-bond donors (Lipinski definition) is 1. The summed E-state index contributed by atoms with van der Waals surface area (Å²) in [5, 5.41) is 2.74. The molecule has 1 fully saturated rings. The van der Waals surface area contributed by atoms with Crippen molar-refractivity contribution in [3.05, 3.63) is 59.2 Å². The predicted octanol–water partition coefficient (Wildman–Crippen LogP) is 3.18. The molecule has 1 saturated heterocycles. The van der Waals surface area contributed by atoms with Crippen LogP contribution >= 0.6 is 0 Å². The normalized spacial score (nSPS) is 16.7. The van der Waals surface area contributed by atoms with Crippen LogP contribution in [0, 0.1) is 6.92 Å². The molecule has 1 N–H and O–H groups in total. The molecule has 8 nitrogen and oxygen atoms in total. The lowest BCUT2D eigenvalue weighted by atomic mass is 10.1. The summed E-state index contributed by atoms with van der Waals surface area (Å²) in [4.78, 5) is 38.6. The number of piperidine rings is 1. The first-order chi connectivity index (χ1) is 15.8. The van der Waals surface area contributed by atoms with Crippen LogP contribution in [-0.2, 0) is 14.8 Å². The SMILES string of the molecule is Cc1ccc(NC(=O)CCCN2C(=O)c3ccccc3C2=O)cc1S(=O)(=O)N1CCCCC1. The number of sulfonamides is 1. The first-order valence-corrected chi connectivity index (χ1v) is 12.6. The van der Waals surface area contributed by atoms with Gasteiger partial charge in [-0.05, 0) is 56.0 Å². The topological polar surface area (TPSA) is 104 Å². The molecule has 33 heavy (non-hydrogen) atoms. The van der Waals surface area contributed by atoms with Crippen molar-refractivity contribution in [3.63, 3.8) is 0 Å². The molecular weight excluding hydrogens is 442 g/mol. The van der Waals surface area contributed by atoms with Gasteiger partial charge in [0.2, 0.25) is 15.9 Å². The minimum atomic E-state index is -3.62. The smallest absolute Gasteiger partial charge is 0.261 e. The van der Waals surface area contributed by atoms with Gasteiger partial charge in [-0.3, -0.25) is 19.3 Å². The Morgan fingerprint density at radius 2 is 1.61 bits per heavy atom. The van der Waals surface area contributed by atoms with E-state index in [0.29, 0.717) is 41.9 Å². The molecule has 0 bridgehead atoms. The fourth-order valence-electron chi connectivity index (χ4n) is 4.26. The Labute approximate surface area is 193 Å². The fraction of sp³-hybridized carbons (Fsp3) is 0.375. The molecule has 2 aromatic rings. The van der Waals surface area contributed by atoms with Crippen LogP contribution in [0.25, 0.3) is 0 Å². The van der Waals surface area contributed by atoms with Gasteiger partial charge in [-0.2, -0.15) is 4.31 Å². The quantitative estimate of drug-likeness (QED) is 0.627. The summed E-state index contributed by atoms with van der Waals surface area (Å²) >= 11 is 0. The molecular formula is C24H27N3O5S. The van der Waals surface area contributed by atoms with Crippen molar-refractivity contribution in [3.8, 4) is 0 Å². The van der Waals surface area contributed by atoms with Crippen molar-refractivity contribution in [2.24, 2.45) is 0 Å². The Kier molecular flexibility index (Phi) is 6.62. The van der Waals surface area contributed by atoms with Crippen molar-refractivity contribution in [2.45, 2.75) is 43.9 Å². The van der Waals surface area contributed by atoms with Crippen LogP contribution in [0.4, 0.5) is 5.69 Å². The maximum Gasteiger partial charge on any atom is 0.261 e. The standard InChI is InChI=1S/C24H27N3O5S/c1-17-11-12-18(16-21(17)33(31,32)26-13-5-2-6-14-26)25-22(28)10-7-15-27-23(29)19-8-3-4-9-20(19)24(27)30/h3-4,8-9,11-12,16H,2,5-7,10,13-15H2,1H3,(H,25,28). The van der Waals surface area contributed by atoms with Crippen LogP contribution in [0.15, 0.2) is 47.4 Å². The Morgan fingerprint density at radius 1 is 0.970 bits per heavy atom. The number of nitrogens with one attached hydrogen (secondary N) is 1. The highest BCUT2D eigenvalue weighted by Gasteiger charge is 2.34. The van der Waals surface area contributed by atoms with Crippen molar-refractivity contribution >= 4 is 33.4 Å². The summed E-state index contributed by atoms with van der Waals surface area (Å²) in [6, 6.07) is 11.5. The second-order valence-corrected chi connectivity index (χ2v) is 10.3. The summed E-state index contributed by atoms with van der Waals surface area (Å²) in [6.07, 6.45) is 3.13. The molecule has 0 aliphatic carbocycles. The molecule has 174 valence electrons. The molecule has 2 aliphatic heterocycles. The number of anilines is 1. The van der Waals surface area contributed by atoms with Gasteiger partial charge in [0, 0.05) is 31.7 Å². The Morgan fingerprint density at radius 3 is 2.24 bits per heavy atom. The monoisotopic (exact) mass is 469 g/mol. The van der Waals surface area contributed by atoms with E-state index in [1.165, 1.54) is 10.4 Å². The van der Waals surface area contributed by atoms with Gasteiger partial charge >= 0.3 is 0 Å². The second-order valence-electron chi connectivity index (χ2n) is 8.40. The first-order valence-electron chi connectivity index (χ1n) is 11.1. The number of hydrogen-bond acceptors (Lipinski definition) is 5. The minimum Gasteiger partial charge on any atom is -0.326 e. The van der Waals surface area contributed by atoms with Gasteiger partial charge in [-0.15, -0.1) is 0 Å². The van der Waals surface area contributed by atoms with E-state index in [1.54, 1.807) is 43.3 Å². The molecule has 3 amide bonds. The third-order valence-electron chi connectivity index (χ3n) is 6.07. The zero-order valence-electron chi connectivity index (χ0n) is 18.5. The van der Waals surface area contributed by atoms with Crippen molar-refractivity contribution in [1.29, 1.82) is 0 Å². The van der Waals surface area contributed by atoms with E-state index >= 15 is 0 Å². The number of amides is 3. The largest absolute Gasteiger partial charge is 0.326 e. The molecule has 4 rings (SSSR count). The number of fused-ring (bicyclic) bond motifs is 1. The Balaban J connectivity index is 1.36. The van der Waals surface area contributed by atoms with Gasteiger partial charge in [-0.1, -0.05) is 24.6 Å². The lowest BCUT2D eigenvalue weighted by Crippen LogP contribution is -2.36. The molecule has 2 aromatic carbocycles. The van der Waals surface area contributed by atoms with Gasteiger partial charge < -0.3 is 5.32 Å². The predicted molar refractivity (Wildman–Crippen MR) is 123 cm³/mol. The molecule has 9 heteroatoms. The third kappa shape index (κ3) is 4.69. The van der Waals surface area contributed by atoms with E-state index in [1.807, 2.05) is 0 Å². The van der Waals surface area contributed by atoms with Crippen molar-refractivity contribution in [1.82, 2.24) is 9.21 Å². The minimum absolute atomic E-state index is 0.0927. The summed E-state index contributed by atoms with van der Waals surface area (Å²) in [7, 11) is -3.62. The third-order valence-corrected chi connectivity index (χ3v) is 8.11. The van der Waals surface area contributed by atoms with Crippen LogP contribution < -0.4 is 5.32 Å². The van der Waals surface area contributed by atoms with Crippen molar-refractivity contribution < 1.29 is 22.8 Å². The lowest BCUT2D eigenvalue weighted by molar-refractivity contribution is -0.116. The van der Waals surface area contributed by atoms with E-state index in [-0.39, 0.29) is 35.6 Å². The maximum absolute atomic E-state index is 13.1. The number of aryl methyl sites for hydroxylation is 1. The maximum atomic E-state index is 13.1. The van der Waals surface area contributed by atoms with Gasteiger partial charge in [0.05, 0.1) is 16.0 Å². The van der Waals surface area contributed by atoms with Crippen molar-refractivity contribution in [2.75, 3.05) is 25.0 Å². The molecule has 2 aliphatic rings. The number of nitrogens with zero attached hydrogens (tertiary/aromatic N) is 2.